The number of aromatic nitrogens is 1. The molecule has 0 aliphatic rings. The number of nitriles is 1. The molecule has 1 heterocycles. The molecule has 1 unspecified atom stereocenters. The standard InChI is InChI=1S/C11H14N4O3/c1-3-11(2,7-16)14-10-9(15(17)18)8(6-12)4-5-13-10/h4-5,16H,3,7H2,1-2H3,(H,13,14). The fourth-order valence-electron chi connectivity index (χ4n) is 1.35. The van der Waals surface area contributed by atoms with Gasteiger partial charge in [0.05, 0.1) is 17.1 Å². The van der Waals surface area contributed by atoms with Gasteiger partial charge < -0.3 is 10.4 Å². The van der Waals surface area contributed by atoms with E-state index in [0.29, 0.717) is 6.42 Å². The number of nitrogens with one attached hydrogen (secondary N) is 1. The Kier molecular flexibility index (Phi) is 4.18. The predicted octanol–water partition coefficient (Wildman–Crippen LogP) is 1.43. The Balaban J connectivity index is 3.26. The zero-order valence-corrected chi connectivity index (χ0v) is 10.2. The molecule has 1 atom stereocenters. The van der Waals surface area contributed by atoms with Crippen LogP contribution in [0.1, 0.15) is 25.8 Å². The lowest BCUT2D eigenvalue weighted by Crippen LogP contribution is -2.38. The van der Waals surface area contributed by atoms with Crippen molar-refractivity contribution in [1.82, 2.24) is 4.98 Å². The van der Waals surface area contributed by atoms with Crippen LogP contribution >= 0.6 is 0 Å². The van der Waals surface area contributed by atoms with Crippen molar-refractivity contribution in [2.45, 2.75) is 25.8 Å². The number of pyridine rings is 1. The second-order valence-electron chi connectivity index (χ2n) is 4.12. The number of aliphatic hydroxyl groups excluding tert-OH is 1. The van der Waals surface area contributed by atoms with Gasteiger partial charge in [-0.2, -0.15) is 5.26 Å². The maximum atomic E-state index is 11.0. The van der Waals surface area contributed by atoms with Crippen molar-refractivity contribution in [3.05, 3.63) is 27.9 Å². The quantitative estimate of drug-likeness (QED) is 0.604. The Morgan fingerprint density at radius 1 is 1.72 bits per heavy atom. The summed E-state index contributed by atoms with van der Waals surface area (Å²) in [5.41, 5.74) is -1.15. The summed E-state index contributed by atoms with van der Waals surface area (Å²) in [7, 11) is 0. The monoisotopic (exact) mass is 250 g/mol. The van der Waals surface area contributed by atoms with E-state index in [1.165, 1.54) is 12.3 Å². The molecule has 1 aromatic heterocycles. The summed E-state index contributed by atoms with van der Waals surface area (Å²) >= 11 is 0. The largest absolute Gasteiger partial charge is 0.394 e. The van der Waals surface area contributed by atoms with Gasteiger partial charge in [-0.05, 0) is 19.4 Å². The summed E-state index contributed by atoms with van der Waals surface area (Å²) in [4.78, 5) is 14.2. The molecule has 96 valence electrons. The van der Waals surface area contributed by atoms with Crippen molar-refractivity contribution in [3.8, 4) is 6.07 Å². The van der Waals surface area contributed by atoms with Gasteiger partial charge in [-0.1, -0.05) is 6.92 Å². The van der Waals surface area contributed by atoms with Gasteiger partial charge in [0.15, 0.2) is 0 Å². The minimum atomic E-state index is -0.716. The molecular weight excluding hydrogens is 236 g/mol. The third-order valence-corrected chi connectivity index (χ3v) is 2.78. The van der Waals surface area contributed by atoms with Crippen molar-refractivity contribution in [1.29, 1.82) is 5.26 Å². The molecule has 0 spiro atoms. The Morgan fingerprint density at radius 2 is 2.39 bits per heavy atom. The molecule has 0 radical (unpaired) electrons. The number of aliphatic hydroxyl groups is 1. The zero-order chi connectivity index (χ0) is 13.8. The van der Waals surface area contributed by atoms with Crippen molar-refractivity contribution in [3.63, 3.8) is 0 Å². The fourth-order valence-corrected chi connectivity index (χ4v) is 1.35. The number of anilines is 1. The summed E-state index contributed by atoms with van der Waals surface area (Å²) in [6.45, 7) is 3.36. The second-order valence-corrected chi connectivity index (χ2v) is 4.12. The number of nitro groups is 1. The molecule has 0 bridgehead atoms. The Morgan fingerprint density at radius 3 is 2.83 bits per heavy atom. The van der Waals surface area contributed by atoms with Crippen LogP contribution in [-0.4, -0.2) is 27.2 Å². The van der Waals surface area contributed by atoms with Crippen LogP contribution in [0.3, 0.4) is 0 Å². The Hall–Kier alpha value is -2.20. The van der Waals surface area contributed by atoms with Gasteiger partial charge >= 0.3 is 5.69 Å². The third kappa shape index (κ3) is 2.73. The maximum Gasteiger partial charge on any atom is 0.328 e. The zero-order valence-electron chi connectivity index (χ0n) is 10.2. The minimum Gasteiger partial charge on any atom is -0.394 e. The van der Waals surface area contributed by atoms with Gasteiger partial charge in [0.1, 0.15) is 11.6 Å². The van der Waals surface area contributed by atoms with Crippen LogP contribution in [0.15, 0.2) is 12.3 Å². The number of hydrogen-bond donors (Lipinski definition) is 2. The molecule has 1 aromatic rings. The van der Waals surface area contributed by atoms with E-state index in [1.54, 1.807) is 13.0 Å². The van der Waals surface area contributed by atoms with Crippen molar-refractivity contribution >= 4 is 11.5 Å². The van der Waals surface area contributed by atoms with Crippen molar-refractivity contribution in [2.24, 2.45) is 0 Å². The van der Waals surface area contributed by atoms with Gasteiger partial charge in [-0.15, -0.1) is 0 Å². The highest BCUT2D eigenvalue weighted by atomic mass is 16.6. The maximum absolute atomic E-state index is 11.0. The first-order valence-electron chi connectivity index (χ1n) is 5.40. The molecule has 2 N–H and O–H groups in total. The van der Waals surface area contributed by atoms with Gasteiger partial charge in [-0.3, -0.25) is 10.1 Å². The molecule has 18 heavy (non-hydrogen) atoms. The predicted molar refractivity (Wildman–Crippen MR) is 65.0 cm³/mol. The lowest BCUT2D eigenvalue weighted by Gasteiger charge is -2.27. The molecule has 1 rings (SSSR count). The van der Waals surface area contributed by atoms with Crippen LogP contribution in [0.25, 0.3) is 0 Å². The Bertz CT molecular complexity index is 492. The first-order valence-corrected chi connectivity index (χ1v) is 5.40. The summed E-state index contributed by atoms with van der Waals surface area (Å²) in [5, 5.41) is 31.9. The van der Waals surface area contributed by atoms with E-state index in [9.17, 15) is 15.2 Å². The number of rotatable bonds is 5. The SMILES string of the molecule is CCC(C)(CO)Nc1nccc(C#N)c1[N+](=O)[O-]. The molecule has 0 aromatic carbocycles. The summed E-state index contributed by atoms with van der Waals surface area (Å²) in [6, 6.07) is 3.04. The van der Waals surface area contributed by atoms with Crippen LogP contribution < -0.4 is 5.32 Å². The molecule has 0 saturated heterocycles. The van der Waals surface area contributed by atoms with E-state index in [0.717, 1.165) is 0 Å². The van der Waals surface area contributed by atoms with Crippen LogP contribution in [0, 0.1) is 21.4 Å². The number of nitrogens with zero attached hydrogens (tertiary/aromatic N) is 3. The highest BCUT2D eigenvalue weighted by Crippen LogP contribution is 2.28. The first-order chi connectivity index (χ1) is 8.47. The molecule has 0 amide bonds. The van der Waals surface area contributed by atoms with E-state index in [1.807, 2.05) is 6.92 Å². The molecule has 7 heteroatoms. The Labute approximate surface area is 104 Å². The van der Waals surface area contributed by atoms with E-state index in [2.05, 4.69) is 10.3 Å². The highest BCUT2D eigenvalue weighted by Gasteiger charge is 2.28. The molecular formula is C11H14N4O3. The smallest absolute Gasteiger partial charge is 0.328 e. The van der Waals surface area contributed by atoms with Crippen LogP contribution in [0.2, 0.25) is 0 Å². The molecule has 0 aliphatic carbocycles. The van der Waals surface area contributed by atoms with E-state index in [4.69, 9.17) is 5.26 Å². The van der Waals surface area contributed by atoms with E-state index in [-0.39, 0.29) is 23.7 Å². The van der Waals surface area contributed by atoms with Crippen LogP contribution in [0.5, 0.6) is 0 Å². The first kappa shape index (κ1) is 13.9. The normalized spacial score (nSPS) is 13.4. The average molecular weight is 250 g/mol. The van der Waals surface area contributed by atoms with Crippen molar-refractivity contribution < 1.29 is 10.0 Å². The highest BCUT2D eigenvalue weighted by molar-refractivity contribution is 5.64. The van der Waals surface area contributed by atoms with Crippen LogP contribution in [-0.2, 0) is 0 Å². The second kappa shape index (κ2) is 5.42. The molecule has 7 nitrogen and oxygen atoms in total. The molecule has 0 fully saturated rings. The van der Waals surface area contributed by atoms with Gasteiger partial charge in [0.25, 0.3) is 0 Å². The summed E-state index contributed by atoms with van der Waals surface area (Å²) in [6.07, 6.45) is 1.88. The van der Waals surface area contributed by atoms with E-state index >= 15 is 0 Å². The van der Waals surface area contributed by atoms with Gasteiger partial charge in [0.2, 0.25) is 5.82 Å². The van der Waals surface area contributed by atoms with E-state index < -0.39 is 10.5 Å². The number of hydrogen-bond acceptors (Lipinski definition) is 6. The van der Waals surface area contributed by atoms with Gasteiger partial charge in [-0.25, -0.2) is 4.98 Å². The lowest BCUT2D eigenvalue weighted by atomic mass is 10.00. The third-order valence-electron chi connectivity index (χ3n) is 2.78. The topological polar surface area (TPSA) is 112 Å². The van der Waals surface area contributed by atoms with Gasteiger partial charge in [0, 0.05) is 6.20 Å². The summed E-state index contributed by atoms with van der Waals surface area (Å²) in [5.74, 6) is -0.00236. The average Bonchev–Trinajstić information content (AvgIpc) is 2.37. The van der Waals surface area contributed by atoms with Crippen LogP contribution in [0.4, 0.5) is 11.5 Å². The minimum absolute atomic E-state index is 0.00236. The fraction of sp³-hybridized carbons (Fsp3) is 0.455. The molecule has 0 saturated carbocycles. The molecule has 0 aliphatic heterocycles. The summed E-state index contributed by atoms with van der Waals surface area (Å²) < 4.78 is 0. The van der Waals surface area contributed by atoms with Crippen molar-refractivity contribution in [2.75, 3.05) is 11.9 Å². The lowest BCUT2D eigenvalue weighted by molar-refractivity contribution is -0.384.